The maximum Gasteiger partial charge on any atom is 0.318 e. The van der Waals surface area contributed by atoms with E-state index in [0.717, 1.165) is 5.56 Å². The van der Waals surface area contributed by atoms with Gasteiger partial charge in [0.2, 0.25) is 0 Å². The zero-order valence-corrected chi connectivity index (χ0v) is 14.7. The van der Waals surface area contributed by atoms with Crippen molar-refractivity contribution in [2.75, 3.05) is 18.1 Å². The van der Waals surface area contributed by atoms with E-state index in [2.05, 4.69) is 10.4 Å². The van der Waals surface area contributed by atoms with Gasteiger partial charge in [0.05, 0.1) is 23.7 Å². The third kappa shape index (κ3) is 3.29. The Balaban J connectivity index is 1.53. The predicted octanol–water partition coefficient (Wildman–Crippen LogP) is 1.09. The van der Waals surface area contributed by atoms with E-state index in [0.29, 0.717) is 11.8 Å². The summed E-state index contributed by atoms with van der Waals surface area (Å²) in [5.74, 6) is 1.25. The van der Waals surface area contributed by atoms with Crippen LogP contribution in [-0.2, 0) is 16.9 Å². The Hall–Kier alpha value is -1.57. The van der Waals surface area contributed by atoms with Crippen LogP contribution < -0.4 is 5.32 Å². The van der Waals surface area contributed by atoms with E-state index in [1.807, 2.05) is 0 Å². The molecule has 24 heavy (non-hydrogen) atoms. The highest BCUT2D eigenvalue weighted by Gasteiger charge is 2.44. The molecule has 0 aromatic carbocycles. The number of urea groups is 1. The Morgan fingerprint density at radius 3 is 2.50 bits per heavy atom. The molecule has 0 spiro atoms. The zero-order valence-electron chi connectivity index (χ0n) is 13.9. The molecule has 1 saturated heterocycles. The molecule has 1 atom stereocenters. The molecule has 3 aliphatic rings. The van der Waals surface area contributed by atoms with Gasteiger partial charge >= 0.3 is 6.03 Å². The molecule has 1 aliphatic heterocycles. The molecule has 3 fully saturated rings. The summed E-state index contributed by atoms with van der Waals surface area (Å²) < 4.78 is 25.8. The van der Waals surface area contributed by atoms with Crippen LogP contribution in [0.5, 0.6) is 0 Å². The number of hydrogen-bond acceptors (Lipinski definition) is 4. The normalized spacial score (nSPS) is 26.6. The first-order valence-corrected chi connectivity index (χ1v) is 10.5. The number of carbonyl (C=O) groups excluding carboxylic acids is 1. The van der Waals surface area contributed by atoms with Gasteiger partial charge in [0.1, 0.15) is 0 Å². The molecule has 132 valence electrons. The van der Waals surface area contributed by atoms with Crippen LogP contribution in [0.3, 0.4) is 0 Å². The van der Waals surface area contributed by atoms with E-state index < -0.39 is 15.9 Å². The lowest BCUT2D eigenvalue weighted by molar-refractivity contribution is 0.174. The Morgan fingerprint density at radius 1 is 1.29 bits per heavy atom. The van der Waals surface area contributed by atoms with E-state index in [1.165, 1.54) is 25.7 Å². The Morgan fingerprint density at radius 2 is 1.96 bits per heavy atom. The third-order valence-corrected chi connectivity index (χ3v) is 6.98. The number of aromatic nitrogens is 2. The number of amides is 2. The molecule has 1 aromatic rings. The van der Waals surface area contributed by atoms with Crippen LogP contribution in [0.4, 0.5) is 4.79 Å². The van der Waals surface area contributed by atoms with Crippen molar-refractivity contribution >= 4 is 15.9 Å². The summed E-state index contributed by atoms with van der Waals surface area (Å²) in [6, 6.07) is -0.301. The minimum Gasteiger partial charge on any atom is -0.335 e. The molecule has 2 saturated carbocycles. The molecule has 0 bridgehead atoms. The third-order valence-electron chi connectivity index (χ3n) is 5.35. The second-order valence-electron chi connectivity index (χ2n) is 7.42. The van der Waals surface area contributed by atoms with Crippen LogP contribution in [0, 0.1) is 11.8 Å². The van der Waals surface area contributed by atoms with Gasteiger partial charge in [-0.2, -0.15) is 5.10 Å². The van der Waals surface area contributed by atoms with Gasteiger partial charge in [-0.3, -0.25) is 4.68 Å². The molecule has 1 aromatic heterocycles. The average Bonchev–Trinajstić information content (AvgIpc) is 3.43. The fraction of sp³-hybridized carbons (Fsp3) is 0.750. The van der Waals surface area contributed by atoms with Crippen molar-refractivity contribution in [3.05, 3.63) is 18.0 Å². The van der Waals surface area contributed by atoms with Crippen molar-refractivity contribution in [2.45, 2.75) is 37.8 Å². The maximum atomic E-state index is 12.9. The van der Waals surface area contributed by atoms with Gasteiger partial charge in [-0.25, -0.2) is 13.2 Å². The Bertz CT molecular complexity index is 724. The quantitative estimate of drug-likeness (QED) is 0.879. The predicted molar refractivity (Wildman–Crippen MR) is 89.1 cm³/mol. The van der Waals surface area contributed by atoms with Gasteiger partial charge in [0.15, 0.2) is 9.84 Å². The number of aryl methyl sites for hydroxylation is 1. The zero-order chi connectivity index (χ0) is 16.9. The molecule has 7 nitrogen and oxygen atoms in total. The van der Waals surface area contributed by atoms with E-state index in [1.54, 1.807) is 29.0 Å². The molecule has 2 aliphatic carbocycles. The monoisotopic (exact) mass is 352 g/mol. The number of rotatable bonds is 4. The van der Waals surface area contributed by atoms with Gasteiger partial charge in [0, 0.05) is 31.4 Å². The van der Waals surface area contributed by atoms with Crippen LogP contribution in [-0.4, -0.2) is 53.2 Å². The van der Waals surface area contributed by atoms with Crippen molar-refractivity contribution in [1.82, 2.24) is 20.0 Å². The average molecular weight is 352 g/mol. The number of nitrogens with one attached hydrogen (secondary N) is 1. The van der Waals surface area contributed by atoms with Crippen molar-refractivity contribution in [3.63, 3.8) is 0 Å². The van der Waals surface area contributed by atoms with Gasteiger partial charge in [0.25, 0.3) is 0 Å². The summed E-state index contributed by atoms with van der Waals surface area (Å²) in [5.41, 5.74) is 0.783. The largest absolute Gasteiger partial charge is 0.335 e. The Labute approximate surface area is 142 Å². The van der Waals surface area contributed by atoms with Crippen LogP contribution in [0.2, 0.25) is 0 Å². The summed E-state index contributed by atoms with van der Waals surface area (Å²) in [6.45, 7) is 0.246. The lowest BCUT2D eigenvalue weighted by Crippen LogP contribution is -2.53. The van der Waals surface area contributed by atoms with Crippen LogP contribution in [0.25, 0.3) is 0 Å². The molecular formula is C16H24N4O3S. The number of carbonyl (C=O) groups is 1. The molecule has 8 heteroatoms. The molecule has 2 amide bonds. The standard InChI is InChI=1S/C16H24N4O3S/c1-19-9-13(8-17-19)14-10-24(22,23)7-6-20(14)16(21)18-15(11-2-3-11)12-4-5-12/h8-9,11-12,14-15H,2-7,10H2,1H3,(H,18,21)/t14-/m1/s1. The van der Waals surface area contributed by atoms with Crippen LogP contribution in [0.15, 0.2) is 12.4 Å². The van der Waals surface area contributed by atoms with E-state index in [9.17, 15) is 13.2 Å². The van der Waals surface area contributed by atoms with Gasteiger partial charge in [-0.05, 0) is 37.5 Å². The Kier molecular flexibility index (Phi) is 3.82. The smallest absolute Gasteiger partial charge is 0.318 e. The molecular weight excluding hydrogens is 328 g/mol. The van der Waals surface area contributed by atoms with Gasteiger partial charge < -0.3 is 10.2 Å². The second-order valence-corrected chi connectivity index (χ2v) is 9.65. The first kappa shape index (κ1) is 15.9. The fourth-order valence-electron chi connectivity index (χ4n) is 3.70. The SMILES string of the molecule is Cn1cc([C@H]2CS(=O)(=O)CCN2C(=O)NC(C2CC2)C2CC2)cn1. The molecule has 4 rings (SSSR count). The first-order chi connectivity index (χ1) is 11.4. The maximum absolute atomic E-state index is 12.9. The van der Waals surface area contributed by atoms with Crippen molar-refractivity contribution in [3.8, 4) is 0 Å². The van der Waals surface area contributed by atoms with Crippen LogP contribution >= 0.6 is 0 Å². The molecule has 1 N–H and O–H groups in total. The molecule has 0 radical (unpaired) electrons. The topological polar surface area (TPSA) is 84.3 Å². The summed E-state index contributed by atoms with van der Waals surface area (Å²) >= 11 is 0. The minimum absolute atomic E-state index is 0.0242. The molecule has 0 unspecified atom stereocenters. The summed E-state index contributed by atoms with van der Waals surface area (Å²) in [5, 5.41) is 7.34. The van der Waals surface area contributed by atoms with E-state index >= 15 is 0 Å². The number of nitrogens with zero attached hydrogens (tertiary/aromatic N) is 3. The van der Waals surface area contributed by atoms with Crippen molar-refractivity contribution in [2.24, 2.45) is 18.9 Å². The van der Waals surface area contributed by atoms with Crippen molar-refractivity contribution < 1.29 is 13.2 Å². The highest BCUT2D eigenvalue weighted by molar-refractivity contribution is 7.91. The lowest BCUT2D eigenvalue weighted by Gasteiger charge is -2.36. The second kappa shape index (κ2) is 5.75. The summed E-state index contributed by atoms with van der Waals surface area (Å²) in [7, 11) is -1.34. The van der Waals surface area contributed by atoms with Crippen LogP contribution in [0.1, 0.15) is 37.3 Å². The minimum atomic E-state index is -3.13. The number of hydrogen-bond donors (Lipinski definition) is 1. The highest BCUT2D eigenvalue weighted by Crippen LogP contribution is 2.44. The highest BCUT2D eigenvalue weighted by atomic mass is 32.2. The molecule has 2 heterocycles. The van der Waals surface area contributed by atoms with Gasteiger partial charge in [-0.15, -0.1) is 0 Å². The van der Waals surface area contributed by atoms with Gasteiger partial charge in [-0.1, -0.05) is 0 Å². The van der Waals surface area contributed by atoms with E-state index in [-0.39, 0.29) is 30.1 Å². The number of sulfone groups is 1. The van der Waals surface area contributed by atoms with E-state index in [4.69, 9.17) is 0 Å². The summed E-state index contributed by atoms with van der Waals surface area (Å²) in [4.78, 5) is 14.6. The first-order valence-electron chi connectivity index (χ1n) is 8.69. The van der Waals surface area contributed by atoms with Crippen molar-refractivity contribution in [1.29, 1.82) is 0 Å². The lowest BCUT2D eigenvalue weighted by atomic mass is 10.1. The fourth-order valence-corrected chi connectivity index (χ4v) is 5.19. The summed E-state index contributed by atoms with van der Waals surface area (Å²) in [6.07, 6.45) is 8.24.